The van der Waals surface area contributed by atoms with E-state index in [2.05, 4.69) is 15.8 Å². The normalized spacial score (nSPS) is 20.7. The summed E-state index contributed by atoms with van der Waals surface area (Å²) in [5.41, 5.74) is 2.85. The average molecular weight is 425 g/mol. The van der Waals surface area contributed by atoms with Crippen LogP contribution in [0.15, 0.2) is 35.0 Å². The molecule has 0 fully saturated rings. The van der Waals surface area contributed by atoms with Gasteiger partial charge in [0.1, 0.15) is 12.1 Å². The van der Waals surface area contributed by atoms with E-state index in [4.69, 9.17) is 4.52 Å². The summed E-state index contributed by atoms with van der Waals surface area (Å²) in [5.74, 6) is 0.205. The van der Waals surface area contributed by atoms with Crippen molar-refractivity contribution >= 4 is 23.4 Å². The van der Waals surface area contributed by atoms with Crippen molar-refractivity contribution in [3.63, 3.8) is 0 Å². The number of carbonyl (C=O) groups excluding carboxylic acids is 3. The highest BCUT2D eigenvalue weighted by atomic mass is 16.5. The molecule has 164 valence electrons. The van der Waals surface area contributed by atoms with Crippen molar-refractivity contribution in [3.8, 4) is 0 Å². The number of nitrogens with zero attached hydrogens (tertiary/aromatic N) is 2. The first-order chi connectivity index (χ1) is 15.0. The van der Waals surface area contributed by atoms with E-state index in [9.17, 15) is 14.4 Å². The molecule has 2 aliphatic heterocycles. The van der Waals surface area contributed by atoms with Crippen LogP contribution in [0.3, 0.4) is 0 Å². The first-order valence-corrected chi connectivity index (χ1v) is 10.9. The van der Waals surface area contributed by atoms with Crippen LogP contribution in [0.4, 0.5) is 5.69 Å². The SMILES string of the molecule is CCC(C)CC(=O)NC1CCc2cccc3c2N(C1=O)C(C(=O)NCc1ccno1)C3. The van der Waals surface area contributed by atoms with Gasteiger partial charge in [0.25, 0.3) is 0 Å². The first-order valence-electron chi connectivity index (χ1n) is 10.9. The minimum atomic E-state index is -0.654. The van der Waals surface area contributed by atoms with Gasteiger partial charge >= 0.3 is 0 Å². The molecule has 3 unspecified atom stereocenters. The van der Waals surface area contributed by atoms with Gasteiger partial charge in [-0.05, 0) is 29.9 Å². The molecule has 3 heterocycles. The van der Waals surface area contributed by atoms with Crippen LogP contribution in [0, 0.1) is 5.92 Å². The topological polar surface area (TPSA) is 105 Å². The maximum absolute atomic E-state index is 13.5. The van der Waals surface area contributed by atoms with E-state index in [1.807, 2.05) is 32.0 Å². The van der Waals surface area contributed by atoms with Crippen LogP contribution in [-0.2, 0) is 33.8 Å². The van der Waals surface area contributed by atoms with Crippen molar-refractivity contribution in [2.75, 3.05) is 4.90 Å². The second kappa shape index (κ2) is 8.91. The number of para-hydroxylation sites is 1. The Morgan fingerprint density at radius 1 is 1.29 bits per heavy atom. The number of benzene rings is 1. The number of nitrogens with one attached hydrogen (secondary N) is 2. The van der Waals surface area contributed by atoms with Crippen LogP contribution < -0.4 is 15.5 Å². The minimum absolute atomic E-state index is 0.121. The molecule has 2 aromatic rings. The van der Waals surface area contributed by atoms with Gasteiger partial charge in [-0.2, -0.15) is 0 Å². The number of rotatable bonds is 7. The molecule has 2 aliphatic rings. The molecule has 0 aliphatic carbocycles. The quantitative estimate of drug-likeness (QED) is 0.708. The van der Waals surface area contributed by atoms with Crippen LogP contribution in [-0.4, -0.2) is 35.0 Å². The summed E-state index contributed by atoms with van der Waals surface area (Å²) in [5, 5.41) is 9.41. The lowest BCUT2D eigenvalue weighted by atomic mass is 10.0. The number of aromatic nitrogens is 1. The molecule has 0 spiro atoms. The van der Waals surface area contributed by atoms with E-state index in [0.29, 0.717) is 31.4 Å². The lowest BCUT2D eigenvalue weighted by molar-refractivity contribution is -0.129. The van der Waals surface area contributed by atoms with Gasteiger partial charge < -0.3 is 15.2 Å². The zero-order valence-electron chi connectivity index (χ0n) is 17.9. The molecule has 8 nitrogen and oxygen atoms in total. The third-order valence-corrected chi connectivity index (χ3v) is 6.20. The molecule has 0 saturated carbocycles. The lowest BCUT2D eigenvalue weighted by Gasteiger charge is -2.28. The highest BCUT2D eigenvalue weighted by molar-refractivity contribution is 6.07. The van der Waals surface area contributed by atoms with Gasteiger partial charge in [0.05, 0.1) is 18.4 Å². The Hall–Kier alpha value is -3.16. The van der Waals surface area contributed by atoms with Crippen molar-refractivity contribution in [1.29, 1.82) is 0 Å². The summed E-state index contributed by atoms with van der Waals surface area (Å²) < 4.78 is 5.04. The van der Waals surface area contributed by atoms with Gasteiger partial charge in [0, 0.05) is 18.9 Å². The standard InChI is InChI=1S/C23H28N4O4/c1-3-14(2)11-20(28)26-18-8-7-15-5-4-6-16-12-19(27(21(15)16)23(18)30)22(29)24-13-17-9-10-25-31-17/h4-6,9-10,14,18-19H,3,7-8,11-13H2,1-2H3,(H,24,29)(H,26,28). The third-order valence-electron chi connectivity index (χ3n) is 6.20. The Kier molecular flexibility index (Phi) is 6.06. The molecule has 3 atom stereocenters. The van der Waals surface area contributed by atoms with Crippen molar-refractivity contribution in [2.45, 2.75) is 64.6 Å². The Balaban J connectivity index is 1.55. The zero-order valence-corrected chi connectivity index (χ0v) is 17.9. The maximum atomic E-state index is 13.5. The summed E-state index contributed by atoms with van der Waals surface area (Å²) in [7, 11) is 0. The monoisotopic (exact) mass is 424 g/mol. The summed E-state index contributed by atoms with van der Waals surface area (Å²) in [6.45, 7) is 4.26. The minimum Gasteiger partial charge on any atom is -0.360 e. The molecular formula is C23H28N4O4. The molecule has 31 heavy (non-hydrogen) atoms. The average Bonchev–Trinajstić information content (AvgIpc) is 3.39. The molecule has 1 aromatic carbocycles. The molecule has 2 N–H and O–H groups in total. The Bertz CT molecular complexity index is 972. The van der Waals surface area contributed by atoms with Gasteiger partial charge in [0.15, 0.2) is 5.76 Å². The number of hydrogen-bond acceptors (Lipinski definition) is 5. The smallest absolute Gasteiger partial charge is 0.250 e. The molecule has 4 rings (SSSR count). The lowest BCUT2D eigenvalue weighted by Crippen LogP contribution is -2.54. The number of amides is 3. The van der Waals surface area contributed by atoms with Gasteiger partial charge in [-0.25, -0.2) is 0 Å². The number of hydrogen-bond donors (Lipinski definition) is 2. The Morgan fingerprint density at radius 2 is 2.10 bits per heavy atom. The van der Waals surface area contributed by atoms with E-state index < -0.39 is 12.1 Å². The van der Waals surface area contributed by atoms with Crippen LogP contribution >= 0.6 is 0 Å². The van der Waals surface area contributed by atoms with E-state index in [1.165, 1.54) is 6.20 Å². The zero-order chi connectivity index (χ0) is 22.0. The predicted molar refractivity (Wildman–Crippen MR) is 114 cm³/mol. The molecule has 0 bridgehead atoms. The number of aryl methyl sites for hydroxylation is 1. The number of anilines is 1. The van der Waals surface area contributed by atoms with Gasteiger partial charge in [-0.1, -0.05) is 43.6 Å². The van der Waals surface area contributed by atoms with Crippen LogP contribution in [0.1, 0.15) is 50.0 Å². The van der Waals surface area contributed by atoms with Gasteiger partial charge in [0.2, 0.25) is 17.7 Å². The van der Waals surface area contributed by atoms with Crippen molar-refractivity contribution < 1.29 is 18.9 Å². The molecule has 3 amide bonds. The largest absolute Gasteiger partial charge is 0.360 e. The molecule has 1 aromatic heterocycles. The predicted octanol–water partition coefficient (Wildman–Crippen LogP) is 2.12. The van der Waals surface area contributed by atoms with E-state index >= 15 is 0 Å². The fourth-order valence-electron chi connectivity index (χ4n) is 4.31. The van der Waals surface area contributed by atoms with E-state index in [0.717, 1.165) is 23.2 Å². The van der Waals surface area contributed by atoms with Crippen LogP contribution in [0.2, 0.25) is 0 Å². The van der Waals surface area contributed by atoms with Crippen molar-refractivity contribution in [1.82, 2.24) is 15.8 Å². The highest BCUT2D eigenvalue weighted by Gasteiger charge is 2.43. The molecular weight excluding hydrogens is 396 g/mol. The van der Waals surface area contributed by atoms with Crippen molar-refractivity contribution in [3.05, 3.63) is 47.3 Å². The van der Waals surface area contributed by atoms with Crippen molar-refractivity contribution in [2.24, 2.45) is 5.92 Å². The second-order valence-corrected chi connectivity index (χ2v) is 8.43. The Morgan fingerprint density at radius 3 is 2.84 bits per heavy atom. The van der Waals surface area contributed by atoms with Crippen LogP contribution in [0.25, 0.3) is 0 Å². The second-order valence-electron chi connectivity index (χ2n) is 8.43. The summed E-state index contributed by atoms with van der Waals surface area (Å²) in [6.07, 6.45) is 4.45. The van der Waals surface area contributed by atoms with E-state index in [-0.39, 0.29) is 30.2 Å². The molecule has 0 radical (unpaired) electrons. The fraction of sp³-hybridized carbons (Fsp3) is 0.478. The Labute approximate surface area is 181 Å². The van der Waals surface area contributed by atoms with Gasteiger partial charge in [-0.3, -0.25) is 19.3 Å². The first kappa shape index (κ1) is 21.1. The number of carbonyl (C=O) groups is 3. The summed E-state index contributed by atoms with van der Waals surface area (Å²) in [4.78, 5) is 40.6. The fourth-order valence-corrected chi connectivity index (χ4v) is 4.31. The van der Waals surface area contributed by atoms with Gasteiger partial charge in [-0.15, -0.1) is 0 Å². The summed E-state index contributed by atoms with van der Waals surface area (Å²) >= 11 is 0. The molecule has 8 heteroatoms. The van der Waals surface area contributed by atoms with E-state index in [1.54, 1.807) is 11.0 Å². The highest BCUT2D eigenvalue weighted by Crippen LogP contribution is 2.39. The third kappa shape index (κ3) is 4.33. The summed E-state index contributed by atoms with van der Waals surface area (Å²) in [6, 6.07) is 6.31. The maximum Gasteiger partial charge on any atom is 0.250 e. The molecule has 0 saturated heterocycles. The van der Waals surface area contributed by atoms with Crippen LogP contribution in [0.5, 0.6) is 0 Å².